The van der Waals surface area contributed by atoms with Crippen LogP contribution in [0.2, 0.25) is 0 Å². The lowest BCUT2D eigenvalue weighted by Gasteiger charge is -2.25. The zero-order valence-corrected chi connectivity index (χ0v) is 15.1. The molecule has 0 N–H and O–H groups in total. The predicted octanol–water partition coefficient (Wildman–Crippen LogP) is 4.45. The molecule has 3 rings (SSSR count). The SMILES string of the molecule is CC[C@H]1C(=O)N([C@H](C)c2ccccc2)C[C@@H]1COCc1ccccc1. The van der Waals surface area contributed by atoms with Crippen LogP contribution < -0.4 is 0 Å². The zero-order valence-electron chi connectivity index (χ0n) is 15.1. The van der Waals surface area contributed by atoms with E-state index in [2.05, 4.69) is 38.1 Å². The highest BCUT2D eigenvalue weighted by atomic mass is 16.5. The highest BCUT2D eigenvalue weighted by Gasteiger charge is 2.41. The maximum Gasteiger partial charge on any atom is 0.226 e. The lowest BCUT2D eigenvalue weighted by molar-refractivity contribution is -0.133. The van der Waals surface area contributed by atoms with Crippen molar-refractivity contribution in [1.29, 1.82) is 0 Å². The molecule has 1 amide bonds. The van der Waals surface area contributed by atoms with Crippen LogP contribution in [-0.4, -0.2) is 24.0 Å². The molecule has 0 spiro atoms. The first-order valence-electron chi connectivity index (χ1n) is 9.17. The Morgan fingerprint density at radius 2 is 1.72 bits per heavy atom. The van der Waals surface area contributed by atoms with Crippen molar-refractivity contribution in [3.05, 3.63) is 71.8 Å². The lowest BCUT2D eigenvalue weighted by Crippen LogP contribution is -2.30. The molecule has 1 aliphatic heterocycles. The molecule has 25 heavy (non-hydrogen) atoms. The van der Waals surface area contributed by atoms with Gasteiger partial charge in [0, 0.05) is 18.4 Å². The van der Waals surface area contributed by atoms with Crippen molar-refractivity contribution in [2.24, 2.45) is 11.8 Å². The smallest absolute Gasteiger partial charge is 0.226 e. The average Bonchev–Trinajstić information content (AvgIpc) is 2.98. The number of ether oxygens (including phenoxy) is 1. The highest BCUT2D eigenvalue weighted by molar-refractivity contribution is 5.81. The largest absolute Gasteiger partial charge is 0.376 e. The molecule has 0 saturated carbocycles. The normalized spacial score (nSPS) is 21.5. The summed E-state index contributed by atoms with van der Waals surface area (Å²) in [4.78, 5) is 14.9. The van der Waals surface area contributed by atoms with Gasteiger partial charge < -0.3 is 9.64 Å². The Kier molecular flexibility index (Phi) is 5.87. The van der Waals surface area contributed by atoms with Crippen LogP contribution >= 0.6 is 0 Å². The van der Waals surface area contributed by atoms with Gasteiger partial charge in [0.25, 0.3) is 0 Å². The van der Waals surface area contributed by atoms with Gasteiger partial charge in [-0.25, -0.2) is 0 Å². The zero-order chi connectivity index (χ0) is 17.6. The molecular formula is C22H27NO2. The van der Waals surface area contributed by atoms with Crippen molar-refractivity contribution < 1.29 is 9.53 Å². The monoisotopic (exact) mass is 337 g/mol. The molecule has 1 aliphatic rings. The first-order valence-corrected chi connectivity index (χ1v) is 9.17. The molecule has 3 heteroatoms. The van der Waals surface area contributed by atoms with E-state index in [1.807, 2.05) is 41.3 Å². The topological polar surface area (TPSA) is 29.5 Å². The fourth-order valence-electron chi connectivity index (χ4n) is 3.72. The van der Waals surface area contributed by atoms with E-state index < -0.39 is 0 Å². The minimum absolute atomic E-state index is 0.0712. The van der Waals surface area contributed by atoms with Crippen LogP contribution in [-0.2, 0) is 16.1 Å². The quantitative estimate of drug-likeness (QED) is 0.747. The van der Waals surface area contributed by atoms with E-state index in [4.69, 9.17) is 4.74 Å². The fourth-order valence-corrected chi connectivity index (χ4v) is 3.72. The molecular weight excluding hydrogens is 310 g/mol. The number of nitrogens with zero attached hydrogens (tertiary/aromatic N) is 1. The second kappa shape index (κ2) is 8.30. The molecule has 2 aromatic rings. The molecule has 3 nitrogen and oxygen atoms in total. The van der Waals surface area contributed by atoms with Gasteiger partial charge in [0.05, 0.1) is 19.3 Å². The summed E-state index contributed by atoms with van der Waals surface area (Å²) in [6.45, 7) is 6.24. The summed E-state index contributed by atoms with van der Waals surface area (Å²) >= 11 is 0. The van der Waals surface area contributed by atoms with Gasteiger partial charge in [-0.1, -0.05) is 67.6 Å². The molecule has 0 unspecified atom stereocenters. The number of carbonyl (C=O) groups excluding carboxylic acids is 1. The van der Waals surface area contributed by atoms with E-state index in [1.165, 1.54) is 11.1 Å². The third-order valence-corrected chi connectivity index (χ3v) is 5.23. The minimum atomic E-state index is 0.0712. The number of amides is 1. The van der Waals surface area contributed by atoms with Gasteiger partial charge in [-0.2, -0.15) is 0 Å². The number of carbonyl (C=O) groups is 1. The van der Waals surface area contributed by atoms with Crippen LogP contribution in [0.15, 0.2) is 60.7 Å². The molecule has 0 radical (unpaired) electrons. The number of hydrogen-bond acceptors (Lipinski definition) is 2. The maximum absolute atomic E-state index is 12.9. The van der Waals surface area contributed by atoms with Crippen LogP contribution in [0.25, 0.3) is 0 Å². The Balaban J connectivity index is 1.61. The Morgan fingerprint density at radius 3 is 2.36 bits per heavy atom. The predicted molar refractivity (Wildman–Crippen MR) is 99.9 cm³/mol. The van der Waals surface area contributed by atoms with E-state index in [1.54, 1.807) is 0 Å². The number of rotatable bonds is 7. The van der Waals surface area contributed by atoms with Crippen molar-refractivity contribution in [3.63, 3.8) is 0 Å². The fraction of sp³-hybridized carbons (Fsp3) is 0.409. The lowest BCUT2D eigenvalue weighted by atomic mass is 9.94. The molecule has 1 fully saturated rings. The van der Waals surface area contributed by atoms with E-state index in [0.29, 0.717) is 13.2 Å². The molecule has 132 valence electrons. The summed E-state index contributed by atoms with van der Waals surface area (Å²) in [5.74, 6) is 0.612. The van der Waals surface area contributed by atoms with Gasteiger partial charge in [0.2, 0.25) is 5.91 Å². The van der Waals surface area contributed by atoms with Gasteiger partial charge in [0.1, 0.15) is 0 Å². The summed E-state index contributed by atoms with van der Waals surface area (Å²) in [6, 6.07) is 20.6. The van der Waals surface area contributed by atoms with Crippen LogP contribution in [0, 0.1) is 11.8 Å². The minimum Gasteiger partial charge on any atom is -0.376 e. The second-order valence-corrected chi connectivity index (χ2v) is 6.85. The molecule has 2 aromatic carbocycles. The first kappa shape index (κ1) is 17.7. The molecule has 0 bridgehead atoms. The van der Waals surface area contributed by atoms with Gasteiger partial charge >= 0.3 is 0 Å². The van der Waals surface area contributed by atoms with Gasteiger partial charge in [-0.3, -0.25) is 4.79 Å². The van der Waals surface area contributed by atoms with Gasteiger partial charge in [-0.05, 0) is 24.5 Å². The molecule has 1 heterocycles. The Bertz CT molecular complexity index is 671. The van der Waals surface area contributed by atoms with Crippen LogP contribution in [0.1, 0.15) is 37.4 Å². The molecule has 3 atom stereocenters. The van der Waals surface area contributed by atoms with Crippen molar-refractivity contribution in [3.8, 4) is 0 Å². The van der Waals surface area contributed by atoms with E-state index in [9.17, 15) is 4.79 Å². The number of hydrogen-bond donors (Lipinski definition) is 0. The molecule has 0 aliphatic carbocycles. The van der Waals surface area contributed by atoms with Crippen molar-refractivity contribution >= 4 is 5.91 Å². The molecule has 1 saturated heterocycles. The van der Waals surface area contributed by atoms with Crippen LogP contribution in [0.5, 0.6) is 0 Å². The van der Waals surface area contributed by atoms with Gasteiger partial charge in [-0.15, -0.1) is 0 Å². The highest BCUT2D eigenvalue weighted by Crippen LogP contribution is 2.34. The summed E-state index contributed by atoms with van der Waals surface area (Å²) < 4.78 is 5.94. The molecule has 0 aromatic heterocycles. The number of benzene rings is 2. The Labute approximate surface area is 150 Å². The van der Waals surface area contributed by atoms with E-state index in [0.717, 1.165) is 13.0 Å². The number of likely N-dealkylation sites (tertiary alicyclic amines) is 1. The van der Waals surface area contributed by atoms with Crippen molar-refractivity contribution in [1.82, 2.24) is 4.90 Å². The summed E-state index contributed by atoms with van der Waals surface area (Å²) in [5, 5.41) is 0. The average molecular weight is 337 g/mol. The van der Waals surface area contributed by atoms with Crippen molar-refractivity contribution in [2.75, 3.05) is 13.2 Å². The maximum atomic E-state index is 12.9. The Hall–Kier alpha value is -2.13. The Morgan fingerprint density at radius 1 is 1.08 bits per heavy atom. The first-order chi connectivity index (χ1) is 12.2. The third kappa shape index (κ3) is 4.10. The van der Waals surface area contributed by atoms with Gasteiger partial charge in [0.15, 0.2) is 0 Å². The summed E-state index contributed by atoms with van der Waals surface area (Å²) in [7, 11) is 0. The summed E-state index contributed by atoms with van der Waals surface area (Å²) in [5.41, 5.74) is 2.37. The van der Waals surface area contributed by atoms with Crippen LogP contribution in [0.4, 0.5) is 0 Å². The van der Waals surface area contributed by atoms with Crippen LogP contribution in [0.3, 0.4) is 0 Å². The second-order valence-electron chi connectivity index (χ2n) is 6.85. The van der Waals surface area contributed by atoms with E-state index >= 15 is 0 Å². The van der Waals surface area contributed by atoms with E-state index in [-0.39, 0.29) is 23.8 Å². The summed E-state index contributed by atoms with van der Waals surface area (Å²) in [6.07, 6.45) is 0.871. The third-order valence-electron chi connectivity index (χ3n) is 5.23. The standard InChI is InChI=1S/C22H27NO2/c1-3-21-20(16-25-15-18-10-6-4-7-11-18)14-23(22(21)24)17(2)19-12-8-5-9-13-19/h4-13,17,20-21H,3,14-16H2,1-2H3/t17-,20-,21-/m1/s1. The van der Waals surface area contributed by atoms with Crippen molar-refractivity contribution in [2.45, 2.75) is 32.9 Å².